The highest BCUT2D eigenvalue weighted by molar-refractivity contribution is 5.74. The fraction of sp³-hybridized carbons (Fsp3) is 0.913. The molecule has 0 amide bonds. The second-order valence-corrected chi connectivity index (χ2v) is 8.51. The van der Waals surface area contributed by atoms with Crippen LogP contribution in [0.3, 0.4) is 0 Å². The first-order chi connectivity index (χ1) is 13.1. The minimum absolute atomic E-state index is 0.161. The van der Waals surface area contributed by atoms with E-state index in [9.17, 15) is 14.7 Å². The molecular weight excluding hydrogens is 340 g/mol. The number of rotatable bonds is 19. The van der Waals surface area contributed by atoms with E-state index in [0.29, 0.717) is 12.3 Å². The van der Waals surface area contributed by atoms with Gasteiger partial charge in [0.15, 0.2) is 0 Å². The topological polar surface area (TPSA) is 74.6 Å². The predicted molar refractivity (Wildman–Crippen MR) is 110 cm³/mol. The number of hydrogen-bond acceptors (Lipinski definition) is 2. The van der Waals surface area contributed by atoms with Crippen molar-refractivity contribution < 1.29 is 19.8 Å². The SMILES string of the molecule is CCCCCCCCCCCCCCCC1C(CCCC(=O)O)C1C(=O)O. The lowest BCUT2D eigenvalue weighted by atomic mass is 10.0. The molecule has 0 saturated heterocycles. The molecule has 27 heavy (non-hydrogen) atoms. The van der Waals surface area contributed by atoms with Crippen LogP contribution < -0.4 is 0 Å². The smallest absolute Gasteiger partial charge is 0.307 e. The van der Waals surface area contributed by atoms with Crippen LogP contribution in [0.25, 0.3) is 0 Å². The van der Waals surface area contributed by atoms with Crippen LogP contribution in [0.5, 0.6) is 0 Å². The number of unbranched alkanes of at least 4 members (excludes halogenated alkanes) is 12. The van der Waals surface area contributed by atoms with Crippen LogP contribution in [0, 0.1) is 17.8 Å². The molecule has 1 rings (SSSR count). The molecule has 3 unspecified atom stereocenters. The van der Waals surface area contributed by atoms with E-state index in [4.69, 9.17) is 5.11 Å². The number of carboxylic acids is 2. The van der Waals surface area contributed by atoms with Gasteiger partial charge in [-0.15, -0.1) is 0 Å². The zero-order valence-electron chi connectivity index (χ0n) is 17.5. The number of carbonyl (C=O) groups is 2. The van der Waals surface area contributed by atoms with Gasteiger partial charge in [0.2, 0.25) is 0 Å². The van der Waals surface area contributed by atoms with Gasteiger partial charge in [0, 0.05) is 6.42 Å². The van der Waals surface area contributed by atoms with Gasteiger partial charge >= 0.3 is 11.9 Å². The van der Waals surface area contributed by atoms with Gasteiger partial charge < -0.3 is 10.2 Å². The average molecular weight is 383 g/mol. The Bertz CT molecular complexity index is 407. The van der Waals surface area contributed by atoms with Crippen molar-refractivity contribution in [3.8, 4) is 0 Å². The molecule has 0 heterocycles. The van der Waals surface area contributed by atoms with Crippen LogP contribution in [0.15, 0.2) is 0 Å². The fourth-order valence-corrected chi connectivity index (χ4v) is 4.49. The lowest BCUT2D eigenvalue weighted by molar-refractivity contribution is -0.139. The molecule has 0 aromatic heterocycles. The molecule has 158 valence electrons. The van der Waals surface area contributed by atoms with Crippen molar-refractivity contribution in [2.24, 2.45) is 17.8 Å². The first kappa shape index (κ1) is 24.0. The van der Waals surface area contributed by atoms with Crippen LogP contribution >= 0.6 is 0 Å². The van der Waals surface area contributed by atoms with Crippen LogP contribution in [0.2, 0.25) is 0 Å². The summed E-state index contributed by atoms with van der Waals surface area (Å²) in [7, 11) is 0. The minimum atomic E-state index is -0.782. The molecule has 3 atom stereocenters. The molecule has 0 bridgehead atoms. The highest BCUT2D eigenvalue weighted by Crippen LogP contribution is 2.52. The van der Waals surface area contributed by atoms with Crippen LogP contribution in [-0.2, 0) is 9.59 Å². The van der Waals surface area contributed by atoms with Gasteiger partial charge in [-0.05, 0) is 31.1 Å². The molecule has 0 aromatic rings. The Hall–Kier alpha value is -1.06. The van der Waals surface area contributed by atoms with Crippen molar-refractivity contribution >= 4 is 11.9 Å². The largest absolute Gasteiger partial charge is 0.481 e. The Balaban J connectivity index is 1.92. The summed E-state index contributed by atoms with van der Waals surface area (Å²) in [6, 6.07) is 0. The van der Waals surface area contributed by atoms with Crippen molar-refractivity contribution in [2.75, 3.05) is 0 Å². The molecular formula is C23H42O4. The number of carboxylic acid groups (broad SMARTS) is 2. The van der Waals surface area contributed by atoms with E-state index >= 15 is 0 Å². The van der Waals surface area contributed by atoms with Gasteiger partial charge in [-0.25, -0.2) is 0 Å². The Morgan fingerprint density at radius 2 is 1.04 bits per heavy atom. The monoisotopic (exact) mass is 382 g/mol. The zero-order chi connectivity index (χ0) is 19.9. The third-order valence-corrected chi connectivity index (χ3v) is 6.19. The van der Waals surface area contributed by atoms with Crippen molar-refractivity contribution in [1.29, 1.82) is 0 Å². The Labute approximate surface area is 166 Å². The zero-order valence-corrected chi connectivity index (χ0v) is 17.5. The second-order valence-electron chi connectivity index (χ2n) is 8.51. The van der Waals surface area contributed by atoms with E-state index in [2.05, 4.69) is 6.92 Å². The quantitative estimate of drug-likeness (QED) is 0.245. The summed E-state index contributed by atoms with van der Waals surface area (Å²) in [6.07, 6.45) is 19.9. The van der Waals surface area contributed by atoms with Gasteiger partial charge in [-0.3, -0.25) is 9.59 Å². The third-order valence-electron chi connectivity index (χ3n) is 6.19. The average Bonchev–Trinajstić information content (AvgIpc) is 3.31. The van der Waals surface area contributed by atoms with E-state index in [0.717, 1.165) is 19.3 Å². The standard InChI is InChI=1S/C23H42O4/c1-2-3-4-5-6-7-8-9-10-11-12-13-14-16-19-20(22(19)23(26)27)17-15-18-21(24)25/h19-20,22H,2-18H2,1H3,(H,24,25)(H,26,27). The van der Waals surface area contributed by atoms with E-state index in [1.165, 1.54) is 77.0 Å². The van der Waals surface area contributed by atoms with E-state index in [1.54, 1.807) is 0 Å². The van der Waals surface area contributed by atoms with E-state index in [-0.39, 0.29) is 18.3 Å². The van der Waals surface area contributed by atoms with Gasteiger partial charge in [0.25, 0.3) is 0 Å². The molecule has 1 aliphatic rings. The normalized spacial score (nSPS) is 21.3. The lowest BCUT2D eigenvalue weighted by Gasteiger charge is -2.03. The van der Waals surface area contributed by atoms with Crippen LogP contribution in [-0.4, -0.2) is 22.2 Å². The summed E-state index contributed by atoms with van der Waals surface area (Å²) in [4.78, 5) is 21.9. The van der Waals surface area contributed by atoms with Crippen molar-refractivity contribution in [2.45, 2.75) is 116 Å². The fourth-order valence-electron chi connectivity index (χ4n) is 4.49. The van der Waals surface area contributed by atoms with Crippen molar-refractivity contribution in [3.05, 3.63) is 0 Å². The second kappa shape index (κ2) is 14.9. The highest BCUT2D eigenvalue weighted by atomic mass is 16.4. The molecule has 1 saturated carbocycles. The van der Waals surface area contributed by atoms with Gasteiger partial charge in [-0.2, -0.15) is 0 Å². The van der Waals surface area contributed by atoms with Crippen LogP contribution in [0.4, 0.5) is 0 Å². The minimum Gasteiger partial charge on any atom is -0.481 e. The molecule has 1 aliphatic carbocycles. The molecule has 0 spiro atoms. The first-order valence-electron chi connectivity index (χ1n) is 11.5. The van der Waals surface area contributed by atoms with Gasteiger partial charge in [0.05, 0.1) is 5.92 Å². The molecule has 0 aromatic carbocycles. The lowest BCUT2D eigenvalue weighted by Crippen LogP contribution is -2.01. The van der Waals surface area contributed by atoms with Gasteiger partial charge in [0.1, 0.15) is 0 Å². The predicted octanol–water partition coefficient (Wildman–Crippen LogP) is 6.67. The summed E-state index contributed by atoms with van der Waals surface area (Å²) >= 11 is 0. The summed E-state index contributed by atoms with van der Waals surface area (Å²) in [5, 5.41) is 18.0. The summed E-state index contributed by atoms with van der Waals surface area (Å²) in [5.41, 5.74) is 0. The molecule has 0 aliphatic heterocycles. The summed E-state index contributed by atoms with van der Waals surface area (Å²) in [6.45, 7) is 2.26. The van der Waals surface area contributed by atoms with Gasteiger partial charge in [-0.1, -0.05) is 90.4 Å². The first-order valence-corrected chi connectivity index (χ1v) is 11.5. The summed E-state index contributed by atoms with van der Waals surface area (Å²) in [5.74, 6) is -1.16. The Morgan fingerprint density at radius 1 is 0.630 bits per heavy atom. The number of aliphatic carboxylic acids is 2. The van der Waals surface area contributed by atoms with Crippen LogP contribution in [0.1, 0.15) is 116 Å². The molecule has 1 fully saturated rings. The Morgan fingerprint density at radius 3 is 1.44 bits per heavy atom. The third kappa shape index (κ3) is 11.4. The molecule has 4 nitrogen and oxygen atoms in total. The maximum Gasteiger partial charge on any atom is 0.307 e. The molecule has 0 radical (unpaired) electrons. The van der Waals surface area contributed by atoms with E-state index < -0.39 is 11.9 Å². The van der Waals surface area contributed by atoms with Crippen molar-refractivity contribution in [1.82, 2.24) is 0 Å². The maximum atomic E-state index is 11.3. The van der Waals surface area contributed by atoms with Crippen molar-refractivity contribution in [3.63, 3.8) is 0 Å². The Kier molecular flexibility index (Phi) is 13.3. The van der Waals surface area contributed by atoms with E-state index in [1.807, 2.05) is 0 Å². The number of hydrogen-bond donors (Lipinski definition) is 2. The summed E-state index contributed by atoms with van der Waals surface area (Å²) < 4.78 is 0. The maximum absolute atomic E-state index is 11.3. The highest BCUT2D eigenvalue weighted by Gasteiger charge is 2.53. The molecule has 4 heteroatoms. The molecule has 2 N–H and O–H groups in total.